The number of nitrogens with zero attached hydrogens (tertiary/aromatic N) is 1. The van der Waals surface area contributed by atoms with E-state index in [1.54, 1.807) is 0 Å². The van der Waals surface area contributed by atoms with Crippen molar-refractivity contribution in [1.29, 1.82) is 0 Å². The standard InChI is InChI=1S/C12H18N2/c1-12(5-4-11(13)8-12)7-10-3-2-6-14-9-10/h2-3,6,9,11H,4-5,7-8,13H2,1H3. The third-order valence-electron chi connectivity index (χ3n) is 3.23. The molecule has 1 aliphatic carbocycles. The molecule has 2 atom stereocenters. The van der Waals surface area contributed by atoms with Crippen molar-refractivity contribution in [3.63, 3.8) is 0 Å². The van der Waals surface area contributed by atoms with Crippen LogP contribution in [0.15, 0.2) is 24.5 Å². The van der Waals surface area contributed by atoms with Gasteiger partial charge in [-0.3, -0.25) is 4.98 Å². The monoisotopic (exact) mass is 190 g/mol. The lowest BCUT2D eigenvalue weighted by Crippen LogP contribution is -2.21. The van der Waals surface area contributed by atoms with Gasteiger partial charge in [0.2, 0.25) is 0 Å². The van der Waals surface area contributed by atoms with E-state index in [0.29, 0.717) is 11.5 Å². The molecule has 0 amide bonds. The van der Waals surface area contributed by atoms with E-state index in [2.05, 4.69) is 18.0 Å². The zero-order valence-corrected chi connectivity index (χ0v) is 8.74. The maximum absolute atomic E-state index is 5.95. The molecule has 2 heteroatoms. The molecule has 2 rings (SSSR count). The third kappa shape index (κ3) is 2.13. The van der Waals surface area contributed by atoms with E-state index in [1.807, 2.05) is 18.5 Å². The lowest BCUT2D eigenvalue weighted by molar-refractivity contribution is 0.329. The van der Waals surface area contributed by atoms with E-state index < -0.39 is 0 Å². The van der Waals surface area contributed by atoms with Crippen LogP contribution in [0.25, 0.3) is 0 Å². The van der Waals surface area contributed by atoms with Crippen molar-refractivity contribution in [3.05, 3.63) is 30.1 Å². The van der Waals surface area contributed by atoms with Crippen LogP contribution in [0.2, 0.25) is 0 Å². The summed E-state index contributed by atoms with van der Waals surface area (Å²) in [4.78, 5) is 4.15. The Labute approximate surface area is 85.5 Å². The van der Waals surface area contributed by atoms with Crippen molar-refractivity contribution in [1.82, 2.24) is 4.98 Å². The highest BCUT2D eigenvalue weighted by atomic mass is 14.7. The van der Waals surface area contributed by atoms with E-state index in [9.17, 15) is 0 Å². The summed E-state index contributed by atoms with van der Waals surface area (Å²) in [7, 11) is 0. The van der Waals surface area contributed by atoms with Gasteiger partial charge in [0, 0.05) is 18.4 Å². The SMILES string of the molecule is CC1(Cc2cccnc2)CCC(N)C1. The Hall–Kier alpha value is -0.890. The zero-order chi connectivity index (χ0) is 10.0. The minimum Gasteiger partial charge on any atom is -0.328 e. The summed E-state index contributed by atoms with van der Waals surface area (Å²) in [5.41, 5.74) is 7.69. The average Bonchev–Trinajstić information content (AvgIpc) is 2.47. The first-order valence-electron chi connectivity index (χ1n) is 5.32. The Morgan fingerprint density at radius 2 is 2.50 bits per heavy atom. The first-order valence-corrected chi connectivity index (χ1v) is 5.32. The number of hydrogen-bond donors (Lipinski definition) is 1. The van der Waals surface area contributed by atoms with E-state index in [1.165, 1.54) is 18.4 Å². The molecule has 0 spiro atoms. The molecular formula is C12H18N2. The molecule has 14 heavy (non-hydrogen) atoms. The molecule has 0 radical (unpaired) electrons. The van der Waals surface area contributed by atoms with Crippen molar-refractivity contribution in [3.8, 4) is 0 Å². The fourth-order valence-corrected chi connectivity index (χ4v) is 2.53. The van der Waals surface area contributed by atoms with Gasteiger partial charge in [-0.2, -0.15) is 0 Å². The van der Waals surface area contributed by atoms with Crippen molar-refractivity contribution in [2.24, 2.45) is 11.1 Å². The second kappa shape index (κ2) is 3.70. The van der Waals surface area contributed by atoms with Crippen LogP contribution < -0.4 is 5.73 Å². The third-order valence-corrected chi connectivity index (χ3v) is 3.23. The fourth-order valence-electron chi connectivity index (χ4n) is 2.53. The highest BCUT2D eigenvalue weighted by Crippen LogP contribution is 2.39. The molecule has 1 fully saturated rings. The molecule has 0 aromatic carbocycles. The Bertz CT molecular complexity index is 296. The van der Waals surface area contributed by atoms with Gasteiger partial charge >= 0.3 is 0 Å². The van der Waals surface area contributed by atoms with Gasteiger partial charge in [0.1, 0.15) is 0 Å². The first kappa shape index (κ1) is 9.66. The molecule has 0 saturated heterocycles. The summed E-state index contributed by atoms with van der Waals surface area (Å²) in [6, 6.07) is 4.58. The van der Waals surface area contributed by atoms with Crippen molar-refractivity contribution >= 4 is 0 Å². The molecular weight excluding hydrogens is 172 g/mol. The van der Waals surface area contributed by atoms with Crippen LogP contribution in [0.3, 0.4) is 0 Å². The Kier molecular flexibility index (Phi) is 2.55. The molecule has 2 unspecified atom stereocenters. The van der Waals surface area contributed by atoms with Crippen molar-refractivity contribution in [2.75, 3.05) is 0 Å². The maximum Gasteiger partial charge on any atom is 0.0300 e. The summed E-state index contributed by atoms with van der Waals surface area (Å²) in [6.45, 7) is 2.34. The molecule has 1 heterocycles. The molecule has 1 aromatic heterocycles. The normalized spacial score (nSPS) is 32.0. The molecule has 1 saturated carbocycles. The minimum absolute atomic E-state index is 0.405. The summed E-state index contributed by atoms with van der Waals surface area (Å²) >= 11 is 0. The molecule has 0 aliphatic heterocycles. The quantitative estimate of drug-likeness (QED) is 0.776. The van der Waals surface area contributed by atoms with Gasteiger partial charge in [-0.05, 0) is 42.7 Å². The molecule has 0 bridgehead atoms. The van der Waals surface area contributed by atoms with Crippen LogP contribution in [-0.2, 0) is 6.42 Å². The van der Waals surface area contributed by atoms with Gasteiger partial charge < -0.3 is 5.73 Å². The lowest BCUT2D eigenvalue weighted by atomic mass is 9.82. The number of rotatable bonds is 2. The Morgan fingerprint density at radius 3 is 3.07 bits per heavy atom. The zero-order valence-electron chi connectivity index (χ0n) is 8.74. The summed E-state index contributed by atoms with van der Waals surface area (Å²) in [6.07, 6.45) is 8.50. The van der Waals surface area contributed by atoms with E-state index in [0.717, 1.165) is 12.8 Å². The highest BCUT2D eigenvalue weighted by Gasteiger charge is 2.33. The Balaban J connectivity index is 2.04. The van der Waals surface area contributed by atoms with Gasteiger partial charge in [-0.25, -0.2) is 0 Å². The van der Waals surface area contributed by atoms with Crippen LogP contribution in [-0.4, -0.2) is 11.0 Å². The molecule has 2 nitrogen and oxygen atoms in total. The fraction of sp³-hybridized carbons (Fsp3) is 0.583. The largest absolute Gasteiger partial charge is 0.328 e. The van der Waals surface area contributed by atoms with Crippen LogP contribution in [0.1, 0.15) is 31.7 Å². The summed E-state index contributed by atoms with van der Waals surface area (Å²) in [5.74, 6) is 0. The highest BCUT2D eigenvalue weighted by molar-refractivity contribution is 5.12. The number of nitrogens with two attached hydrogens (primary N) is 1. The lowest BCUT2D eigenvalue weighted by Gasteiger charge is -2.23. The second-order valence-electron chi connectivity index (χ2n) is 4.85. The molecule has 1 aromatic rings. The number of hydrogen-bond acceptors (Lipinski definition) is 2. The molecule has 76 valence electrons. The first-order chi connectivity index (χ1) is 6.68. The topological polar surface area (TPSA) is 38.9 Å². The molecule has 1 aliphatic rings. The van der Waals surface area contributed by atoms with Crippen LogP contribution >= 0.6 is 0 Å². The minimum atomic E-state index is 0.405. The van der Waals surface area contributed by atoms with E-state index >= 15 is 0 Å². The van der Waals surface area contributed by atoms with Crippen LogP contribution in [0.4, 0.5) is 0 Å². The van der Waals surface area contributed by atoms with Crippen molar-refractivity contribution in [2.45, 2.75) is 38.6 Å². The summed E-state index contributed by atoms with van der Waals surface area (Å²) < 4.78 is 0. The van der Waals surface area contributed by atoms with Gasteiger partial charge in [-0.15, -0.1) is 0 Å². The maximum atomic E-state index is 5.95. The van der Waals surface area contributed by atoms with E-state index in [-0.39, 0.29) is 0 Å². The van der Waals surface area contributed by atoms with Crippen molar-refractivity contribution < 1.29 is 0 Å². The molecule has 2 N–H and O–H groups in total. The smallest absolute Gasteiger partial charge is 0.0300 e. The van der Waals surface area contributed by atoms with Gasteiger partial charge in [-0.1, -0.05) is 13.0 Å². The van der Waals surface area contributed by atoms with E-state index in [4.69, 9.17) is 5.73 Å². The predicted octanol–water partition coefficient (Wildman–Crippen LogP) is 2.14. The van der Waals surface area contributed by atoms with Crippen LogP contribution in [0, 0.1) is 5.41 Å². The summed E-state index contributed by atoms with van der Waals surface area (Å²) in [5, 5.41) is 0. The number of pyridine rings is 1. The Morgan fingerprint density at radius 1 is 1.64 bits per heavy atom. The van der Waals surface area contributed by atoms with Crippen LogP contribution in [0.5, 0.6) is 0 Å². The average molecular weight is 190 g/mol. The van der Waals surface area contributed by atoms with Gasteiger partial charge in [0.25, 0.3) is 0 Å². The number of aromatic nitrogens is 1. The predicted molar refractivity (Wildman–Crippen MR) is 57.9 cm³/mol. The van der Waals surface area contributed by atoms with Gasteiger partial charge in [0.05, 0.1) is 0 Å². The second-order valence-corrected chi connectivity index (χ2v) is 4.85. The van der Waals surface area contributed by atoms with Gasteiger partial charge in [0.15, 0.2) is 0 Å².